The number of para-hydroxylation sites is 1. The molecule has 0 aromatic heterocycles. The maximum atomic E-state index is 14.0. The maximum Gasteiger partial charge on any atom is 0.264 e. The molecule has 0 unspecified atom stereocenters. The predicted octanol–water partition coefficient (Wildman–Crippen LogP) is 5.01. The van der Waals surface area contributed by atoms with Gasteiger partial charge in [0.2, 0.25) is 0 Å². The molecule has 3 rings (SSSR count). The largest absolute Gasteiger partial charge is 0.494 e. The lowest BCUT2D eigenvalue weighted by molar-refractivity contribution is 0.385. The fourth-order valence-corrected chi connectivity index (χ4v) is 4.15. The fraction of sp³-hybridized carbons (Fsp3) is 0.0909. The van der Waals surface area contributed by atoms with E-state index in [4.69, 9.17) is 9.47 Å². The van der Waals surface area contributed by atoms with Gasteiger partial charge in [0.1, 0.15) is 11.5 Å². The van der Waals surface area contributed by atoms with E-state index in [-0.39, 0.29) is 17.2 Å². The van der Waals surface area contributed by atoms with Crippen molar-refractivity contribution in [3.63, 3.8) is 0 Å². The monoisotopic (exact) mass is 413 g/mol. The van der Waals surface area contributed by atoms with Gasteiger partial charge < -0.3 is 9.47 Å². The Bertz CT molecular complexity index is 1080. The average molecular weight is 413 g/mol. The van der Waals surface area contributed by atoms with Crippen LogP contribution in [0.3, 0.4) is 0 Å². The number of sulfonamides is 1. The second-order valence-electron chi connectivity index (χ2n) is 6.03. The highest BCUT2D eigenvalue weighted by atomic mass is 32.2. The Labute approximate surface area is 169 Å². The lowest BCUT2D eigenvalue weighted by atomic mass is 10.3. The minimum atomic E-state index is -4.01. The molecule has 29 heavy (non-hydrogen) atoms. The number of methoxy groups -OCH3 is 1. The van der Waals surface area contributed by atoms with Crippen LogP contribution in [0.4, 0.5) is 10.1 Å². The minimum absolute atomic E-state index is 0.0227. The highest BCUT2D eigenvalue weighted by Crippen LogP contribution is 2.29. The van der Waals surface area contributed by atoms with Gasteiger partial charge in [-0.3, -0.25) is 4.31 Å². The van der Waals surface area contributed by atoms with Gasteiger partial charge in [-0.25, -0.2) is 12.8 Å². The summed E-state index contributed by atoms with van der Waals surface area (Å²) in [6.07, 6.45) is 1.46. The van der Waals surface area contributed by atoms with Crippen LogP contribution < -0.4 is 13.8 Å². The molecular formula is C22H20FNO4S. The van der Waals surface area contributed by atoms with Gasteiger partial charge in [0.15, 0.2) is 11.6 Å². The zero-order valence-electron chi connectivity index (χ0n) is 15.8. The van der Waals surface area contributed by atoms with Crippen molar-refractivity contribution < 1.29 is 22.3 Å². The molecule has 0 atom stereocenters. The van der Waals surface area contributed by atoms with Crippen LogP contribution in [-0.2, 0) is 10.0 Å². The van der Waals surface area contributed by atoms with Crippen LogP contribution in [0.15, 0.2) is 90.3 Å². The molecule has 0 aliphatic heterocycles. The van der Waals surface area contributed by atoms with Crippen molar-refractivity contribution in [3.8, 4) is 17.2 Å². The molecule has 0 radical (unpaired) electrons. The highest BCUT2D eigenvalue weighted by molar-refractivity contribution is 7.92. The van der Waals surface area contributed by atoms with Gasteiger partial charge >= 0.3 is 0 Å². The van der Waals surface area contributed by atoms with E-state index in [9.17, 15) is 12.8 Å². The molecule has 5 nitrogen and oxygen atoms in total. The Hall–Kier alpha value is -3.32. The van der Waals surface area contributed by atoms with Crippen molar-refractivity contribution >= 4 is 15.7 Å². The second kappa shape index (κ2) is 8.79. The molecule has 150 valence electrons. The van der Waals surface area contributed by atoms with E-state index < -0.39 is 15.8 Å². The van der Waals surface area contributed by atoms with E-state index in [0.29, 0.717) is 17.2 Å². The number of ether oxygens (including phenoxy) is 2. The van der Waals surface area contributed by atoms with Crippen LogP contribution in [0.1, 0.15) is 0 Å². The van der Waals surface area contributed by atoms with E-state index in [0.717, 1.165) is 10.4 Å². The van der Waals surface area contributed by atoms with E-state index in [2.05, 4.69) is 6.58 Å². The summed E-state index contributed by atoms with van der Waals surface area (Å²) in [7, 11) is -2.69. The molecule has 3 aromatic rings. The Morgan fingerprint density at radius 3 is 2.24 bits per heavy atom. The molecule has 0 N–H and O–H groups in total. The van der Waals surface area contributed by atoms with Crippen LogP contribution in [0.5, 0.6) is 17.2 Å². The van der Waals surface area contributed by atoms with E-state index in [1.165, 1.54) is 25.3 Å². The average Bonchev–Trinajstić information content (AvgIpc) is 2.73. The summed E-state index contributed by atoms with van der Waals surface area (Å²) >= 11 is 0. The van der Waals surface area contributed by atoms with Gasteiger partial charge in [-0.1, -0.05) is 24.3 Å². The Morgan fingerprint density at radius 2 is 1.66 bits per heavy atom. The molecule has 0 spiro atoms. The van der Waals surface area contributed by atoms with Crippen molar-refractivity contribution in [1.29, 1.82) is 0 Å². The molecule has 0 aliphatic carbocycles. The molecular weight excluding hydrogens is 393 g/mol. The zero-order chi connectivity index (χ0) is 20.9. The fourth-order valence-electron chi connectivity index (χ4n) is 2.70. The number of rotatable bonds is 8. The van der Waals surface area contributed by atoms with Gasteiger partial charge in [0, 0.05) is 0 Å². The van der Waals surface area contributed by atoms with Gasteiger partial charge in [-0.05, 0) is 54.6 Å². The van der Waals surface area contributed by atoms with Crippen molar-refractivity contribution in [3.05, 3.63) is 91.3 Å². The second-order valence-corrected chi connectivity index (χ2v) is 7.89. The highest BCUT2D eigenvalue weighted by Gasteiger charge is 2.25. The molecule has 0 saturated carbocycles. The van der Waals surface area contributed by atoms with Crippen LogP contribution in [0.2, 0.25) is 0 Å². The van der Waals surface area contributed by atoms with Gasteiger partial charge in [0.25, 0.3) is 10.0 Å². The lowest BCUT2D eigenvalue weighted by Gasteiger charge is -2.23. The number of hydrogen-bond donors (Lipinski definition) is 0. The first-order valence-electron chi connectivity index (χ1n) is 8.76. The maximum absolute atomic E-state index is 14.0. The van der Waals surface area contributed by atoms with Gasteiger partial charge in [-0.2, -0.15) is 0 Å². The molecule has 7 heteroatoms. The molecule has 3 aromatic carbocycles. The van der Waals surface area contributed by atoms with Crippen molar-refractivity contribution in [2.45, 2.75) is 4.90 Å². The first-order valence-corrected chi connectivity index (χ1v) is 10.2. The zero-order valence-corrected chi connectivity index (χ0v) is 16.6. The van der Waals surface area contributed by atoms with E-state index >= 15 is 0 Å². The Morgan fingerprint density at radius 1 is 1.00 bits per heavy atom. The number of halogens is 1. The van der Waals surface area contributed by atoms with E-state index in [1.54, 1.807) is 24.3 Å². The first-order chi connectivity index (χ1) is 14.0. The molecule has 0 amide bonds. The third kappa shape index (κ3) is 4.57. The third-order valence-electron chi connectivity index (χ3n) is 4.11. The first kappa shape index (κ1) is 20.4. The molecule has 0 aliphatic rings. The number of anilines is 1. The summed E-state index contributed by atoms with van der Waals surface area (Å²) in [5, 5.41) is 0. The smallest absolute Gasteiger partial charge is 0.264 e. The minimum Gasteiger partial charge on any atom is -0.494 e. The van der Waals surface area contributed by atoms with E-state index in [1.807, 2.05) is 30.3 Å². The summed E-state index contributed by atoms with van der Waals surface area (Å²) in [4.78, 5) is -0.178. The summed E-state index contributed by atoms with van der Waals surface area (Å²) in [6.45, 7) is 3.65. The Balaban J connectivity index is 1.90. The SMILES string of the molecule is C=CCN(c1ccc(Oc2ccccc2)cc1)S(=O)(=O)c1ccc(OC)c(F)c1. The number of nitrogens with zero attached hydrogens (tertiary/aromatic N) is 1. The van der Waals surface area contributed by atoms with Crippen LogP contribution >= 0.6 is 0 Å². The molecule has 0 fully saturated rings. The lowest BCUT2D eigenvalue weighted by Crippen LogP contribution is -2.31. The predicted molar refractivity (Wildman–Crippen MR) is 111 cm³/mol. The Kier molecular flexibility index (Phi) is 6.19. The van der Waals surface area contributed by atoms with Crippen molar-refractivity contribution in [2.24, 2.45) is 0 Å². The third-order valence-corrected chi connectivity index (χ3v) is 5.90. The normalized spacial score (nSPS) is 11.0. The van der Waals surface area contributed by atoms with Crippen LogP contribution in [0.25, 0.3) is 0 Å². The molecule has 0 bridgehead atoms. The quantitative estimate of drug-likeness (QED) is 0.487. The number of hydrogen-bond acceptors (Lipinski definition) is 4. The molecule has 0 saturated heterocycles. The summed E-state index contributed by atoms with van der Waals surface area (Å²) < 4.78 is 52.0. The summed E-state index contributed by atoms with van der Waals surface area (Å²) in [6, 6.07) is 19.4. The van der Waals surface area contributed by atoms with Crippen molar-refractivity contribution in [1.82, 2.24) is 0 Å². The topological polar surface area (TPSA) is 55.8 Å². The van der Waals surface area contributed by atoms with Crippen molar-refractivity contribution in [2.75, 3.05) is 18.0 Å². The van der Waals surface area contributed by atoms with Gasteiger partial charge in [0.05, 0.1) is 24.2 Å². The summed E-state index contributed by atoms with van der Waals surface area (Å²) in [5.74, 6) is 0.455. The molecule has 0 heterocycles. The standard InChI is InChI=1S/C22H20FNO4S/c1-3-15-24(29(25,26)20-13-14-22(27-2)21(23)16-20)17-9-11-19(12-10-17)28-18-7-5-4-6-8-18/h3-14,16H,1,15H2,2H3. The van der Waals surface area contributed by atoms with Crippen LogP contribution in [0, 0.1) is 5.82 Å². The number of benzene rings is 3. The van der Waals surface area contributed by atoms with Crippen LogP contribution in [-0.4, -0.2) is 22.1 Å². The van der Waals surface area contributed by atoms with Gasteiger partial charge in [-0.15, -0.1) is 6.58 Å². The summed E-state index contributed by atoms with van der Waals surface area (Å²) in [5.41, 5.74) is 0.404.